The average molecular weight is 521 g/mol. The molecule has 0 spiro atoms. The van der Waals surface area contributed by atoms with Crippen molar-refractivity contribution in [3.05, 3.63) is 131 Å². The van der Waals surface area contributed by atoms with E-state index in [9.17, 15) is 19.2 Å². The molecule has 8 heteroatoms. The molecule has 0 aliphatic rings. The van der Waals surface area contributed by atoms with Gasteiger partial charge in [-0.15, -0.1) is 0 Å². The summed E-state index contributed by atoms with van der Waals surface area (Å²) in [5, 5.41) is 11.0. The highest BCUT2D eigenvalue weighted by Crippen LogP contribution is 2.13. The molecule has 4 aromatic carbocycles. The molecule has 0 fully saturated rings. The third kappa shape index (κ3) is 8.40. The molecule has 0 radical (unpaired) electrons. The number of nitrogens with one attached hydrogen (secondary N) is 4. The first kappa shape index (κ1) is 26.8. The largest absolute Gasteiger partial charge is 0.348 e. The Morgan fingerprint density at radius 1 is 0.462 bits per heavy atom. The zero-order chi connectivity index (χ0) is 27.5. The first-order valence-corrected chi connectivity index (χ1v) is 12.4. The molecule has 0 atom stereocenters. The summed E-state index contributed by atoms with van der Waals surface area (Å²) in [4.78, 5) is 49.3. The highest BCUT2D eigenvalue weighted by Gasteiger charge is 2.12. The molecule has 4 amide bonds. The van der Waals surface area contributed by atoms with Crippen molar-refractivity contribution in [2.24, 2.45) is 0 Å². The molecule has 4 N–H and O–H groups in total. The van der Waals surface area contributed by atoms with Crippen molar-refractivity contribution in [3.8, 4) is 0 Å². The van der Waals surface area contributed by atoms with Gasteiger partial charge in [-0.1, -0.05) is 60.7 Å². The summed E-state index contributed by atoms with van der Waals surface area (Å²) in [5.74, 6) is -1.44. The third-order valence-corrected chi connectivity index (χ3v) is 5.77. The Balaban J connectivity index is 1.20. The van der Waals surface area contributed by atoms with Crippen LogP contribution in [0.2, 0.25) is 0 Å². The van der Waals surface area contributed by atoms with Crippen LogP contribution < -0.4 is 21.3 Å². The van der Waals surface area contributed by atoms with Gasteiger partial charge in [0.15, 0.2) is 0 Å². The van der Waals surface area contributed by atoms with E-state index in [1.165, 1.54) is 0 Å². The van der Waals surface area contributed by atoms with Crippen LogP contribution in [-0.2, 0) is 22.7 Å². The minimum atomic E-state index is -0.495. The quantitative estimate of drug-likeness (QED) is 0.230. The smallest absolute Gasteiger partial charge is 0.251 e. The molecule has 0 aliphatic heterocycles. The molecule has 0 bridgehead atoms. The fourth-order valence-corrected chi connectivity index (χ4v) is 3.73. The van der Waals surface area contributed by atoms with Crippen molar-refractivity contribution >= 4 is 35.0 Å². The summed E-state index contributed by atoms with van der Waals surface area (Å²) < 4.78 is 0. The van der Waals surface area contributed by atoms with Gasteiger partial charge in [-0.25, -0.2) is 0 Å². The van der Waals surface area contributed by atoms with Crippen LogP contribution in [0.4, 0.5) is 11.4 Å². The van der Waals surface area contributed by atoms with Crippen molar-refractivity contribution < 1.29 is 19.2 Å². The summed E-state index contributed by atoms with van der Waals surface area (Å²) in [6.07, 6.45) is -0.390. The van der Waals surface area contributed by atoms with Crippen LogP contribution in [-0.4, -0.2) is 23.6 Å². The van der Waals surface area contributed by atoms with E-state index in [0.717, 1.165) is 11.1 Å². The van der Waals surface area contributed by atoms with E-state index >= 15 is 0 Å². The van der Waals surface area contributed by atoms with Crippen LogP contribution in [0.5, 0.6) is 0 Å². The summed E-state index contributed by atoms with van der Waals surface area (Å²) >= 11 is 0. The predicted octanol–water partition coefficient (Wildman–Crippen LogP) is 4.51. The Bertz CT molecular complexity index is 1310. The van der Waals surface area contributed by atoms with Crippen molar-refractivity contribution in [3.63, 3.8) is 0 Å². The van der Waals surface area contributed by atoms with Gasteiger partial charge in [0, 0.05) is 35.6 Å². The summed E-state index contributed by atoms with van der Waals surface area (Å²) in [5.41, 5.74) is 3.84. The molecule has 0 aliphatic carbocycles. The Kier molecular flexibility index (Phi) is 9.18. The van der Waals surface area contributed by atoms with Crippen molar-refractivity contribution in [2.75, 3.05) is 10.6 Å². The van der Waals surface area contributed by atoms with Crippen molar-refractivity contribution in [1.29, 1.82) is 0 Å². The predicted molar refractivity (Wildman–Crippen MR) is 150 cm³/mol. The third-order valence-electron chi connectivity index (χ3n) is 5.77. The van der Waals surface area contributed by atoms with E-state index in [2.05, 4.69) is 21.3 Å². The molecule has 196 valence electrons. The topological polar surface area (TPSA) is 116 Å². The maximum Gasteiger partial charge on any atom is 0.251 e. The maximum absolute atomic E-state index is 12.3. The monoisotopic (exact) mass is 520 g/mol. The van der Waals surface area contributed by atoms with Gasteiger partial charge < -0.3 is 21.3 Å². The minimum Gasteiger partial charge on any atom is -0.348 e. The number of amides is 4. The van der Waals surface area contributed by atoms with Crippen LogP contribution in [0.1, 0.15) is 38.3 Å². The molecule has 4 aromatic rings. The number of benzene rings is 4. The number of anilines is 2. The maximum atomic E-state index is 12.3. The molecule has 4 rings (SSSR count). The van der Waals surface area contributed by atoms with E-state index in [-0.39, 0.29) is 11.8 Å². The van der Waals surface area contributed by atoms with Crippen LogP contribution >= 0.6 is 0 Å². The fourth-order valence-electron chi connectivity index (χ4n) is 3.73. The zero-order valence-corrected chi connectivity index (χ0v) is 21.1. The van der Waals surface area contributed by atoms with E-state index in [1.54, 1.807) is 48.5 Å². The first-order chi connectivity index (χ1) is 19.0. The number of hydrogen-bond acceptors (Lipinski definition) is 4. The average Bonchev–Trinajstić information content (AvgIpc) is 2.96. The summed E-state index contributed by atoms with van der Waals surface area (Å²) in [7, 11) is 0. The molecule has 0 aromatic heterocycles. The Labute approximate surface area is 226 Å². The molecule has 8 nitrogen and oxygen atoms in total. The van der Waals surface area contributed by atoms with Crippen molar-refractivity contribution in [2.45, 2.75) is 19.5 Å². The SMILES string of the molecule is O=C(CC(=O)Nc1ccc(C(=O)NCc2ccccc2)cc1)Nc1ccc(C(=O)NCc2ccccc2)cc1. The van der Waals surface area contributed by atoms with Crippen molar-refractivity contribution in [1.82, 2.24) is 10.6 Å². The highest BCUT2D eigenvalue weighted by molar-refractivity contribution is 6.08. The molecular weight excluding hydrogens is 492 g/mol. The van der Waals surface area contributed by atoms with Gasteiger partial charge >= 0.3 is 0 Å². The highest BCUT2D eigenvalue weighted by atomic mass is 16.2. The first-order valence-electron chi connectivity index (χ1n) is 12.4. The normalized spacial score (nSPS) is 10.3. The molecular formula is C31H28N4O4. The zero-order valence-electron chi connectivity index (χ0n) is 21.1. The van der Waals surface area contributed by atoms with Crippen LogP contribution in [0.25, 0.3) is 0 Å². The van der Waals surface area contributed by atoms with Crippen LogP contribution in [0, 0.1) is 0 Å². The molecule has 0 unspecified atom stereocenters. The molecule has 0 heterocycles. The Morgan fingerprint density at radius 3 is 1.18 bits per heavy atom. The summed E-state index contributed by atoms with van der Waals surface area (Å²) in [6.45, 7) is 0.828. The van der Waals surface area contributed by atoms with Gasteiger partial charge in [-0.05, 0) is 59.7 Å². The Hall–Kier alpha value is -5.24. The fraction of sp³-hybridized carbons (Fsp3) is 0.0968. The number of carbonyl (C=O) groups excluding carboxylic acids is 4. The molecule has 0 saturated carbocycles. The van der Waals surface area contributed by atoms with Crippen LogP contribution in [0.3, 0.4) is 0 Å². The van der Waals surface area contributed by atoms with Crippen LogP contribution in [0.15, 0.2) is 109 Å². The van der Waals surface area contributed by atoms with Gasteiger partial charge in [0.05, 0.1) is 0 Å². The number of rotatable bonds is 10. The lowest BCUT2D eigenvalue weighted by atomic mass is 10.1. The minimum absolute atomic E-state index is 0.226. The van der Waals surface area contributed by atoms with E-state index in [4.69, 9.17) is 0 Å². The number of carbonyl (C=O) groups is 4. The lowest BCUT2D eigenvalue weighted by Gasteiger charge is -2.09. The lowest BCUT2D eigenvalue weighted by molar-refractivity contribution is -0.123. The van der Waals surface area contributed by atoms with Gasteiger partial charge in [-0.3, -0.25) is 19.2 Å². The van der Waals surface area contributed by atoms with E-state index in [1.807, 2.05) is 60.7 Å². The van der Waals surface area contributed by atoms with Gasteiger partial charge in [0.1, 0.15) is 6.42 Å². The van der Waals surface area contributed by atoms with E-state index < -0.39 is 18.2 Å². The molecule has 39 heavy (non-hydrogen) atoms. The van der Waals surface area contributed by atoms with E-state index in [0.29, 0.717) is 35.6 Å². The molecule has 0 saturated heterocycles. The van der Waals surface area contributed by atoms with Gasteiger partial charge in [0.25, 0.3) is 11.8 Å². The standard InChI is InChI=1S/C31H28N4O4/c36-28(34-26-15-11-24(12-16-26)30(38)32-20-22-7-3-1-4-8-22)19-29(37)35-27-17-13-25(14-18-27)31(39)33-21-23-9-5-2-6-10-23/h1-18H,19-21H2,(H,32,38)(H,33,39)(H,34,36)(H,35,37). The van der Waals surface area contributed by atoms with Gasteiger partial charge in [0.2, 0.25) is 11.8 Å². The number of hydrogen-bond donors (Lipinski definition) is 4. The summed E-state index contributed by atoms with van der Waals surface area (Å²) in [6, 6.07) is 32.0. The Morgan fingerprint density at radius 2 is 0.821 bits per heavy atom. The second kappa shape index (κ2) is 13.3. The lowest BCUT2D eigenvalue weighted by Crippen LogP contribution is -2.23. The second-order valence-corrected chi connectivity index (χ2v) is 8.76. The van der Waals surface area contributed by atoms with Gasteiger partial charge in [-0.2, -0.15) is 0 Å². The second-order valence-electron chi connectivity index (χ2n) is 8.76.